The molecule has 2 N–H and O–H groups in total. The molecule has 1 aromatic rings. The molecular weight excluding hydrogens is 206 g/mol. The quantitative estimate of drug-likeness (QED) is 0.743. The number of hydrogen-bond acceptors (Lipinski definition) is 1. The molecule has 0 aliphatic heterocycles. The van der Waals surface area contributed by atoms with Crippen LogP contribution in [0, 0.1) is 0 Å². The molecule has 2 nitrogen and oxygen atoms in total. The van der Waals surface area contributed by atoms with Crippen LogP contribution in [-0.4, -0.2) is 12.2 Å². The van der Waals surface area contributed by atoms with Crippen molar-refractivity contribution in [1.29, 1.82) is 0 Å². The third-order valence-corrected chi connectivity index (χ3v) is 1.95. The molecule has 0 heterocycles. The predicted molar refractivity (Wildman–Crippen MR) is 56.7 cm³/mol. The lowest BCUT2D eigenvalue weighted by molar-refractivity contribution is 0.151. The third kappa shape index (κ3) is 2.92. The van der Waals surface area contributed by atoms with E-state index < -0.39 is 6.43 Å². The number of alkyl halides is 2. The molecule has 0 bridgehead atoms. The van der Waals surface area contributed by atoms with E-state index in [2.05, 4.69) is 10.6 Å². The number of thiocarbonyl (C=S) groups is 1. The SMILES string of the molecule is CNC(=S)Nc1ccc(C(F)F)cc1. The van der Waals surface area contributed by atoms with Gasteiger partial charge >= 0.3 is 0 Å². The zero-order valence-corrected chi connectivity index (χ0v) is 8.37. The van der Waals surface area contributed by atoms with E-state index >= 15 is 0 Å². The minimum atomic E-state index is -2.43. The number of nitrogens with one attached hydrogen (secondary N) is 2. The van der Waals surface area contributed by atoms with Gasteiger partial charge in [0, 0.05) is 18.3 Å². The van der Waals surface area contributed by atoms with Crippen LogP contribution in [0.1, 0.15) is 12.0 Å². The van der Waals surface area contributed by atoms with E-state index in [1.54, 1.807) is 19.2 Å². The van der Waals surface area contributed by atoms with Crippen molar-refractivity contribution in [2.75, 3.05) is 12.4 Å². The first-order chi connectivity index (χ1) is 6.63. The fourth-order valence-corrected chi connectivity index (χ4v) is 1.02. The Bertz CT molecular complexity index is 311. The van der Waals surface area contributed by atoms with E-state index in [1.807, 2.05) is 0 Å². The van der Waals surface area contributed by atoms with Gasteiger partial charge in [-0.1, -0.05) is 12.1 Å². The summed E-state index contributed by atoms with van der Waals surface area (Å²) >= 11 is 4.85. The lowest BCUT2D eigenvalue weighted by Crippen LogP contribution is -2.23. The molecular formula is C9H10F2N2S. The van der Waals surface area contributed by atoms with Gasteiger partial charge in [-0.25, -0.2) is 8.78 Å². The first-order valence-corrected chi connectivity index (χ1v) is 4.41. The van der Waals surface area contributed by atoms with Crippen molar-refractivity contribution in [1.82, 2.24) is 5.32 Å². The topological polar surface area (TPSA) is 24.1 Å². The molecule has 1 aromatic carbocycles. The van der Waals surface area contributed by atoms with Crippen molar-refractivity contribution in [3.05, 3.63) is 29.8 Å². The van der Waals surface area contributed by atoms with Crippen molar-refractivity contribution in [3.8, 4) is 0 Å². The normalized spacial score (nSPS) is 10.0. The van der Waals surface area contributed by atoms with Crippen LogP contribution in [0.4, 0.5) is 14.5 Å². The highest BCUT2D eigenvalue weighted by molar-refractivity contribution is 7.80. The number of rotatable bonds is 2. The maximum Gasteiger partial charge on any atom is 0.263 e. The Morgan fingerprint density at radius 2 is 1.86 bits per heavy atom. The van der Waals surface area contributed by atoms with Crippen LogP contribution in [-0.2, 0) is 0 Å². The zero-order valence-electron chi connectivity index (χ0n) is 7.55. The molecule has 0 aliphatic rings. The molecule has 0 aliphatic carbocycles. The van der Waals surface area contributed by atoms with Gasteiger partial charge in [-0.2, -0.15) is 0 Å². The molecule has 0 aromatic heterocycles. The lowest BCUT2D eigenvalue weighted by Gasteiger charge is -2.07. The Hall–Kier alpha value is -1.23. The summed E-state index contributed by atoms with van der Waals surface area (Å²) in [7, 11) is 1.68. The van der Waals surface area contributed by atoms with E-state index in [4.69, 9.17) is 12.2 Å². The molecule has 5 heteroatoms. The average Bonchev–Trinajstić information content (AvgIpc) is 2.18. The summed E-state index contributed by atoms with van der Waals surface area (Å²) in [6.45, 7) is 0. The van der Waals surface area contributed by atoms with Crippen molar-refractivity contribution in [2.24, 2.45) is 0 Å². The highest BCUT2D eigenvalue weighted by atomic mass is 32.1. The first-order valence-electron chi connectivity index (χ1n) is 4.00. The molecule has 0 radical (unpaired) electrons. The van der Waals surface area contributed by atoms with Gasteiger partial charge in [-0.15, -0.1) is 0 Å². The van der Waals surface area contributed by atoms with Crippen LogP contribution < -0.4 is 10.6 Å². The summed E-state index contributed by atoms with van der Waals surface area (Å²) < 4.78 is 24.3. The average molecular weight is 216 g/mol. The zero-order chi connectivity index (χ0) is 10.6. The summed E-state index contributed by atoms with van der Waals surface area (Å²) in [5, 5.41) is 6.01. The van der Waals surface area contributed by atoms with Crippen LogP contribution in [0.25, 0.3) is 0 Å². The maximum atomic E-state index is 12.2. The fourth-order valence-electron chi connectivity index (χ4n) is 0.906. The van der Waals surface area contributed by atoms with Gasteiger partial charge in [0.15, 0.2) is 5.11 Å². The van der Waals surface area contributed by atoms with Crippen LogP contribution in [0.15, 0.2) is 24.3 Å². The van der Waals surface area contributed by atoms with Gasteiger partial charge in [0.05, 0.1) is 0 Å². The van der Waals surface area contributed by atoms with E-state index in [9.17, 15) is 8.78 Å². The summed E-state index contributed by atoms with van der Waals surface area (Å²) in [6.07, 6.45) is -2.43. The van der Waals surface area contributed by atoms with Gasteiger partial charge in [-0.05, 0) is 24.4 Å². The highest BCUT2D eigenvalue weighted by Crippen LogP contribution is 2.20. The number of anilines is 1. The number of halogens is 2. The maximum absolute atomic E-state index is 12.2. The second-order valence-corrected chi connectivity index (χ2v) is 3.04. The van der Waals surface area contributed by atoms with Crippen LogP contribution in [0.5, 0.6) is 0 Å². The standard InChI is InChI=1S/C9H10F2N2S/c1-12-9(14)13-7-4-2-6(3-5-7)8(10)11/h2-5,8H,1H3,(H2,12,13,14). The third-order valence-electron chi connectivity index (χ3n) is 1.65. The molecule has 0 atom stereocenters. The lowest BCUT2D eigenvalue weighted by atomic mass is 10.2. The monoisotopic (exact) mass is 216 g/mol. The molecule has 0 spiro atoms. The predicted octanol–water partition coefficient (Wildman–Crippen LogP) is 2.54. The van der Waals surface area contributed by atoms with Gasteiger partial charge in [0.1, 0.15) is 0 Å². The van der Waals surface area contributed by atoms with Crippen LogP contribution >= 0.6 is 12.2 Å². The fraction of sp³-hybridized carbons (Fsp3) is 0.222. The summed E-state index contributed by atoms with van der Waals surface area (Å²) in [5.41, 5.74) is 0.694. The van der Waals surface area contributed by atoms with E-state index in [1.165, 1.54) is 12.1 Å². The van der Waals surface area contributed by atoms with Crippen molar-refractivity contribution in [2.45, 2.75) is 6.43 Å². The Kier molecular flexibility index (Phi) is 3.76. The Labute approximate surface area is 86.3 Å². The van der Waals surface area contributed by atoms with Gasteiger partial charge in [0.2, 0.25) is 0 Å². The molecule has 14 heavy (non-hydrogen) atoms. The van der Waals surface area contributed by atoms with Crippen molar-refractivity contribution in [3.63, 3.8) is 0 Å². The Balaban J connectivity index is 2.69. The summed E-state index contributed by atoms with van der Waals surface area (Å²) in [5.74, 6) is 0. The van der Waals surface area contributed by atoms with Gasteiger partial charge < -0.3 is 10.6 Å². The second-order valence-electron chi connectivity index (χ2n) is 2.63. The van der Waals surface area contributed by atoms with Crippen LogP contribution in [0.2, 0.25) is 0 Å². The molecule has 0 fully saturated rings. The minimum Gasteiger partial charge on any atom is -0.366 e. The van der Waals surface area contributed by atoms with Crippen molar-refractivity contribution >= 4 is 23.0 Å². The second kappa shape index (κ2) is 4.85. The molecule has 0 amide bonds. The molecule has 0 unspecified atom stereocenters. The first kappa shape index (κ1) is 10.8. The highest BCUT2D eigenvalue weighted by Gasteiger charge is 2.05. The Morgan fingerprint density at radius 3 is 2.29 bits per heavy atom. The summed E-state index contributed by atoms with van der Waals surface area (Å²) in [4.78, 5) is 0. The largest absolute Gasteiger partial charge is 0.366 e. The van der Waals surface area contributed by atoms with Gasteiger partial charge in [-0.3, -0.25) is 0 Å². The van der Waals surface area contributed by atoms with Gasteiger partial charge in [0.25, 0.3) is 6.43 Å². The minimum absolute atomic E-state index is 0.00549. The number of hydrogen-bond donors (Lipinski definition) is 2. The van der Waals surface area contributed by atoms with Crippen LogP contribution in [0.3, 0.4) is 0 Å². The molecule has 0 saturated carbocycles. The van der Waals surface area contributed by atoms with Crippen molar-refractivity contribution < 1.29 is 8.78 Å². The molecule has 0 saturated heterocycles. The Morgan fingerprint density at radius 1 is 1.29 bits per heavy atom. The van der Waals surface area contributed by atoms with E-state index in [0.29, 0.717) is 10.8 Å². The van der Waals surface area contributed by atoms with E-state index in [0.717, 1.165) is 0 Å². The molecule has 76 valence electrons. The molecule has 1 rings (SSSR count). The smallest absolute Gasteiger partial charge is 0.263 e. The van der Waals surface area contributed by atoms with E-state index in [-0.39, 0.29) is 5.56 Å². The number of benzene rings is 1. The summed E-state index contributed by atoms with van der Waals surface area (Å²) in [6, 6.07) is 5.85.